The first-order chi connectivity index (χ1) is 8.53. The molecular formula is C11H17BrN2O3S. The number of hydrogen-bond acceptors (Lipinski definition) is 4. The van der Waals surface area contributed by atoms with Crippen LogP contribution < -0.4 is 10.0 Å². The van der Waals surface area contributed by atoms with Crippen LogP contribution >= 0.6 is 15.9 Å². The zero-order chi connectivity index (χ0) is 13.2. The van der Waals surface area contributed by atoms with Crippen molar-refractivity contribution in [3.05, 3.63) is 16.5 Å². The molecule has 1 saturated carbocycles. The Kier molecular flexibility index (Phi) is 4.47. The minimum absolute atomic E-state index is 0.177. The fourth-order valence-electron chi connectivity index (χ4n) is 1.54. The van der Waals surface area contributed by atoms with Gasteiger partial charge in [-0.1, -0.05) is 6.92 Å². The van der Waals surface area contributed by atoms with E-state index in [0.717, 1.165) is 19.4 Å². The van der Waals surface area contributed by atoms with E-state index in [1.165, 1.54) is 0 Å². The fourth-order valence-corrected chi connectivity index (χ4v) is 3.66. The molecular weight excluding hydrogens is 320 g/mol. The molecule has 0 radical (unpaired) electrons. The van der Waals surface area contributed by atoms with Crippen molar-refractivity contribution in [2.75, 3.05) is 13.1 Å². The van der Waals surface area contributed by atoms with Crippen LogP contribution in [-0.2, 0) is 16.6 Å². The number of rotatable bonds is 7. The van der Waals surface area contributed by atoms with Gasteiger partial charge in [-0.3, -0.25) is 0 Å². The molecule has 0 bridgehead atoms. The van der Waals surface area contributed by atoms with Gasteiger partial charge in [0.25, 0.3) is 0 Å². The molecule has 0 amide bonds. The minimum atomic E-state index is -3.47. The highest BCUT2D eigenvalue weighted by Gasteiger charge is 2.27. The zero-order valence-corrected chi connectivity index (χ0v) is 12.6. The van der Waals surface area contributed by atoms with Gasteiger partial charge in [0.05, 0.1) is 6.54 Å². The van der Waals surface area contributed by atoms with Crippen LogP contribution in [0.2, 0.25) is 0 Å². The molecule has 0 spiro atoms. The van der Waals surface area contributed by atoms with Crippen molar-refractivity contribution in [2.45, 2.75) is 31.2 Å². The fraction of sp³-hybridized carbons (Fsp3) is 0.636. The Morgan fingerprint density at radius 2 is 2.22 bits per heavy atom. The highest BCUT2D eigenvalue weighted by molar-refractivity contribution is 9.10. The summed E-state index contributed by atoms with van der Waals surface area (Å²) >= 11 is 3.15. The summed E-state index contributed by atoms with van der Waals surface area (Å²) in [5, 5.41) is 3.09. The Morgan fingerprint density at radius 3 is 2.83 bits per heavy atom. The molecule has 0 aromatic carbocycles. The smallest absolute Gasteiger partial charge is 0.244 e. The zero-order valence-electron chi connectivity index (χ0n) is 10.2. The van der Waals surface area contributed by atoms with Gasteiger partial charge in [-0.25, -0.2) is 13.1 Å². The third kappa shape index (κ3) is 3.57. The minimum Gasteiger partial charge on any atom is -0.452 e. The van der Waals surface area contributed by atoms with E-state index in [9.17, 15) is 8.42 Å². The molecule has 1 aliphatic carbocycles. The maximum absolute atomic E-state index is 12.1. The quantitative estimate of drug-likeness (QED) is 0.796. The molecule has 2 N–H and O–H groups in total. The van der Waals surface area contributed by atoms with Gasteiger partial charge in [0.2, 0.25) is 10.0 Å². The summed E-state index contributed by atoms with van der Waals surface area (Å²) in [4.78, 5) is 0.177. The van der Waals surface area contributed by atoms with Crippen LogP contribution in [0.5, 0.6) is 0 Å². The number of halogens is 1. The lowest BCUT2D eigenvalue weighted by Crippen LogP contribution is -2.25. The summed E-state index contributed by atoms with van der Waals surface area (Å²) in [6.45, 7) is 3.82. The van der Waals surface area contributed by atoms with Gasteiger partial charge < -0.3 is 9.73 Å². The Bertz CT molecular complexity index is 508. The first-order valence-corrected chi connectivity index (χ1v) is 8.29. The molecule has 5 nitrogen and oxygen atoms in total. The Balaban J connectivity index is 2.07. The van der Waals surface area contributed by atoms with Crippen molar-refractivity contribution < 1.29 is 12.8 Å². The second kappa shape index (κ2) is 5.73. The molecule has 1 aromatic rings. The first kappa shape index (κ1) is 14.0. The highest BCUT2D eigenvalue weighted by atomic mass is 79.9. The van der Waals surface area contributed by atoms with Gasteiger partial charge >= 0.3 is 0 Å². The summed E-state index contributed by atoms with van der Waals surface area (Å²) in [6.07, 6.45) is 2.22. The van der Waals surface area contributed by atoms with Crippen molar-refractivity contribution in [3.8, 4) is 0 Å². The van der Waals surface area contributed by atoms with E-state index in [1.807, 2.05) is 6.92 Å². The SMILES string of the molecule is CCNCc1cc(S(=O)(=O)NCC2CC2)c(Br)o1. The molecule has 2 rings (SSSR count). The summed E-state index contributed by atoms with van der Waals surface area (Å²) < 4.78 is 32.3. The Morgan fingerprint density at radius 1 is 1.50 bits per heavy atom. The Labute approximate surface area is 116 Å². The maximum atomic E-state index is 12.1. The third-order valence-electron chi connectivity index (χ3n) is 2.80. The van der Waals surface area contributed by atoms with Crippen molar-refractivity contribution in [1.29, 1.82) is 0 Å². The van der Waals surface area contributed by atoms with E-state index in [0.29, 0.717) is 24.8 Å². The second-order valence-electron chi connectivity index (χ2n) is 4.43. The van der Waals surface area contributed by atoms with Crippen LogP contribution in [0.1, 0.15) is 25.5 Å². The van der Waals surface area contributed by atoms with Crippen molar-refractivity contribution >= 4 is 26.0 Å². The van der Waals surface area contributed by atoms with Gasteiger partial charge in [-0.05, 0) is 41.2 Å². The van der Waals surface area contributed by atoms with E-state index in [1.54, 1.807) is 6.07 Å². The van der Waals surface area contributed by atoms with Gasteiger partial charge in [0.15, 0.2) is 4.67 Å². The van der Waals surface area contributed by atoms with E-state index in [-0.39, 0.29) is 9.56 Å². The summed E-state index contributed by atoms with van der Waals surface area (Å²) in [7, 11) is -3.47. The second-order valence-corrected chi connectivity index (χ2v) is 6.88. The van der Waals surface area contributed by atoms with Crippen LogP contribution in [-0.4, -0.2) is 21.5 Å². The molecule has 1 aliphatic rings. The molecule has 0 aliphatic heterocycles. The molecule has 7 heteroatoms. The lowest BCUT2D eigenvalue weighted by Gasteiger charge is -2.03. The number of furan rings is 1. The topological polar surface area (TPSA) is 71.3 Å². The molecule has 1 heterocycles. The van der Waals surface area contributed by atoms with Crippen LogP contribution in [0.15, 0.2) is 20.0 Å². The first-order valence-electron chi connectivity index (χ1n) is 6.01. The van der Waals surface area contributed by atoms with Crippen molar-refractivity contribution in [2.24, 2.45) is 5.92 Å². The standard InChI is InChI=1S/C11H17BrN2O3S/c1-2-13-7-9-5-10(11(12)17-9)18(15,16)14-6-8-3-4-8/h5,8,13-14H,2-4,6-7H2,1H3. The molecule has 18 heavy (non-hydrogen) atoms. The van der Waals surface area contributed by atoms with E-state index in [4.69, 9.17) is 4.42 Å². The van der Waals surface area contributed by atoms with E-state index in [2.05, 4.69) is 26.0 Å². The molecule has 102 valence electrons. The van der Waals surface area contributed by atoms with Crippen LogP contribution in [0, 0.1) is 5.92 Å². The Hall–Kier alpha value is -0.370. The summed E-state index contributed by atoms with van der Waals surface area (Å²) in [5.41, 5.74) is 0. The molecule has 0 saturated heterocycles. The van der Waals surface area contributed by atoms with Gasteiger partial charge in [0.1, 0.15) is 10.7 Å². The lowest BCUT2D eigenvalue weighted by molar-refractivity contribution is 0.464. The maximum Gasteiger partial charge on any atom is 0.244 e. The summed E-state index contributed by atoms with van der Waals surface area (Å²) in [5.74, 6) is 1.11. The van der Waals surface area contributed by atoms with Gasteiger partial charge in [0, 0.05) is 12.6 Å². The average molecular weight is 337 g/mol. The monoisotopic (exact) mass is 336 g/mol. The van der Waals surface area contributed by atoms with Crippen LogP contribution in [0.25, 0.3) is 0 Å². The molecule has 1 aromatic heterocycles. The highest BCUT2D eigenvalue weighted by Crippen LogP contribution is 2.30. The lowest BCUT2D eigenvalue weighted by atomic mass is 10.4. The third-order valence-corrected chi connectivity index (χ3v) is 5.08. The molecule has 1 fully saturated rings. The predicted molar refractivity (Wildman–Crippen MR) is 71.7 cm³/mol. The van der Waals surface area contributed by atoms with Gasteiger partial charge in [-0.15, -0.1) is 0 Å². The number of nitrogens with one attached hydrogen (secondary N) is 2. The van der Waals surface area contributed by atoms with Crippen molar-refractivity contribution in [3.63, 3.8) is 0 Å². The van der Waals surface area contributed by atoms with Crippen LogP contribution in [0.3, 0.4) is 0 Å². The average Bonchev–Trinajstić information content (AvgIpc) is 3.07. The normalized spacial score (nSPS) is 16.1. The largest absolute Gasteiger partial charge is 0.452 e. The summed E-state index contributed by atoms with van der Waals surface area (Å²) in [6, 6.07) is 1.56. The number of sulfonamides is 1. The van der Waals surface area contributed by atoms with Crippen molar-refractivity contribution in [1.82, 2.24) is 10.0 Å². The van der Waals surface area contributed by atoms with E-state index < -0.39 is 10.0 Å². The predicted octanol–water partition coefficient (Wildman–Crippen LogP) is 1.84. The van der Waals surface area contributed by atoms with Crippen LogP contribution in [0.4, 0.5) is 0 Å². The van der Waals surface area contributed by atoms with Gasteiger partial charge in [-0.2, -0.15) is 0 Å². The molecule has 0 atom stereocenters. The number of hydrogen-bond donors (Lipinski definition) is 2. The molecule has 0 unspecified atom stereocenters. The van der Waals surface area contributed by atoms with E-state index >= 15 is 0 Å².